The summed E-state index contributed by atoms with van der Waals surface area (Å²) in [6.07, 6.45) is 3.76. The molecule has 0 amide bonds. The minimum atomic E-state index is 0.366. The van der Waals surface area contributed by atoms with Gasteiger partial charge in [-0.15, -0.1) is 0 Å². The normalized spacial score (nSPS) is 12.0. The molecule has 0 aliphatic rings. The zero-order chi connectivity index (χ0) is 17.0. The van der Waals surface area contributed by atoms with Crippen LogP contribution in [0.3, 0.4) is 0 Å². The highest BCUT2D eigenvalue weighted by molar-refractivity contribution is 4.59. The van der Waals surface area contributed by atoms with Crippen molar-refractivity contribution in [3.05, 3.63) is 0 Å². The zero-order valence-corrected chi connectivity index (χ0v) is 16.4. The topological polar surface area (TPSA) is 29.3 Å². The standard InChI is InChI=1S/C8H19N.C6H15N.2C2H6/c1-4-7-9(6-3)8-5-2;1-4-5(2)6(3)7;2*1-2/h4-8H2,1-3H3;5-6H,4,7H2,1-3H3;2*1-2H3. The van der Waals surface area contributed by atoms with E-state index >= 15 is 0 Å². The van der Waals surface area contributed by atoms with Crippen molar-refractivity contribution in [2.24, 2.45) is 11.7 Å². The lowest BCUT2D eigenvalue weighted by Gasteiger charge is -2.17. The van der Waals surface area contributed by atoms with Crippen LogP contribution in [0.25, 0.3) is 0 Å². The predicted octanol–water partition coefficient (Wildman–Crippen LogP) is 5.56. The van der Waals surface area contributed by atoms with E-state index in [1.807, 2.05) is 34.6 Å². The van der Waals surface area contributed by atoms with Crippen LogP contribution in [0.15, 0.2) is 0 Å². The summed E-state index contributed by atoms with van der Waals surface area (Å²) in [4.78, 5) is 2.49. The first-order valence-corrected chi connectivity index (χ1v) is 9.01. The summed E-state index contributed by atoms with van der Waals surface area (Å²) in [6.45, 7) is 24.8. The lowest BCUT2D eigenvalue weighted by molar-refractivity contribution is 0.289. The second-order valence-corrected chi connectivity index (χ2v) is 4.68. The van der Waals surface area contributed by atoms with Gasteiger partial charge in [-0.2, -0.15) is 0 Å². The molecule has 2 unspecified atom stereocenters. The molecule has 20 heavy (non-hydrogen) atoms. The molecule has 0 aromatic heterocycles. The number of rotatable bonds is 7. The fraction of sp³-hybridized carbons (Fsp3) is 1.00. The monoisotopic (exact) mass is 290 g/mol. The van der Waals surface area contributed by atoms with Gasteiger partial charge < -0.3 is 10.6 Å². The average Bonchev–Trinajstić information content (AvgIpc) is 2.50. The van der Waals surface area contributed by atoms with E-state index in [1.54, 1.807) is 0 Å². The van der Waals surface area contributed by atoms with E-state index < -0.39 is 0 Å². The molecule has 2 atom stereocenters. The second kappa shape index (κ2) is 27.3. The highest BCUT2D eigenvalue weighted by Gasteiger charge is 2.01. The summed E-state index contributed by atoms with van der Waals surface area (Å²) in [5, 5.41) is 0. The Bertz CT molecular complexity index is 119. The fourth-order valence-electron chi connectivity index (χ4n) is 1.43. The van der Waals surface area contributed by atoms with Crippen molar-refractivity contribution in [1.82, 2.24) is 4.90 Å². The van der Waals surface area contributed by atoms with Crippen molar-refractivity contribution in [1.29, 1.82) is 0 Å². The first-order chi connectivity index (χ1) is 9.53. The summed E-state index contributed by atoms with van der Waals surface area (Å²) >= 11 is 0. The van der Waals surface area contributed by atoms with Crippen LogP contribution in [0.5, 0.6) is 0 Å². The summed E-state index contributed by atoms with van der Waals surface area (Å²) < 4.78 is 0. The minimum Gasteiger partial charge on any atom is -0.328 e. The molecule has 2 nitrogen and oxygen atoms in total. The molecule has 2 N–H and O–H groups in total. The largest absolute Gasteiger partial charge is 0.328 e. The molecule has 0 aromatic rings. The number of hydrogen-bond donors (Lipinski definition) is 1. The first-order valence-electron chi connectivity index (χ1n) is 9.01. The van der Waals surface area contributed by atoms with E-state index in [0.29, 0.717) is 12.0 Å². The van der Waals surface area contributed by atoms with E-state index in [2.05, 4.69) is 39.5 Å². The quantitative estimate of drug-likeness (QED) is 0.665. The van der Waals surface area contributed by atoms with Gasteiger partial charge in [0.25, 0.3) is 0 Å². The van der Waals surface area contributed by atoms with Crippen molar-refractivity contribution in [3.8, 4) is 0 Å². The van der Waals surface area contributed by atoms with E-state index in [1.165, 1.54) is 38.9 Å². The Morgan fingerprint density at radius 1 is 0.800 bits per heavy atom. The highest BCUT2D eigenvalue weighted by atomic mass is 15.1. The molecule has 0 aliphatic heterocycles. The van der Waals surface area contributed by atoms with E-state index in [9.17, 15) is 0 Å². The van der Waals surface area contributed by atoms with Gasteiger partial charge in [-0.25, -0.2) is 0 Å². The van der Waals surface area contributed by atoms with Gasteiger partial charge in [0.15, 0.2) is 0 Å². The summed E-state index contributed by atoms with van der Waals surface area (Å²) in [5.74, 6) is 0.681. The van der Waals surface area contributed by atoms with Crippen LogP contribution in [-0.2, 0) is 0 Å². The van der Waals surface area contributed by atoms with E-state index in [0.717, 1.165) is 0 Å². The van der Waals surface area contributed by atoms with Gasteiger partial charge >= 0.3 is 0 Å². The van der Waals surface area contributed by atoms with Crippen LogP contribution in [0.2, 0.25) is 0 Å². The Hall–Kier alpha value is -0.0800. The molecule has 2 heteroatoms. The Labute approximate surface area is 131 Å². The van der Waals surface area contributed by atoms with Crippen molar-refractivity contribution in [3.63, 3.8) is 0 Å². The Kier molecular flexibility index (Phi) is 38.4. The minimum absolute atomic E-state index is 0.366. The fourth-order valence-corrected chi connectivity index (χ4v) is 1.43. The number of hydrogen-bond acceptors (Lipinski definition) is 2. The Morgan fingerprint density at radius 3 is 1.25 bits per heavy atom. The molecule has 0 bridgehead atoms. The van der Waals surface area contributed by atoms with Crippen molar-refractivity contribution >= 4 is 0 Å². The van der Waals surface area contributed by atoms with Crippen molar-refractivity contribution in [2.45, 2.75) is 94.5 Å². The van der Waals surface area contributed by atoms with Gasteiger partial charge in [-0.3, -0.25) is 0 Å². The molecule has 128 valence electrons. The maximum absolute atomic E-state index is 5.55. The molecule has 0 aliphatic carbocycles. The molecular weight excluding hydrogens is 244 g/mol. The van der Waals surface area contributed by atoms with Crippen molar-refractivity contribution in [2.75, 3.05) is 19.6 Å². The van der Waals surface area contributed by atoms with Crippen LogP contribution < -0.4 is 5.73 Å². The predicted molar refractivity (Wildman–Crippen MR) is 98.5 cm³/mol. The van der Waals surface area contributed by atoms with Gasteiger partial charge in [-0.05, 0) is 45.3 Å². The number of nitrogens with two attached hydrogens (primary N) is 1. The van der Waals surface area contributed by atoms with Gasteiger partial charge in [0, 0.05) is 6.04 Å². The SMILES string of the molecule is CC.CC.CCC(C)C(C)N.CCCN(CC)CCC. The summed E-state index contributed by atoms with van der Waals surface area (Å²) in [7, 11) is 0. The number of nitrogens with zero attached hydrogens (tertiary/aromatic N) is 1. The smallest absolute Gasteiger partial charge is 0.00360 e. The third kappa shape index (κ3) is 26.5. The Balaban J connectivity index is -0.000000104. The van der Waals surface area contributed by atoms with Crippen LogP contribution in [0.4, 0.5) is 0 Å². The molecule has 0 saturated heterocycles. The molecule has 0 fully saturated rings. The second-order valence-electron chi connectivity index (χ2n) is 4.68. The molecule has 0 saturated carbocycles. The maximum Gasteiger partial charge on any atom is 0.00360 e. The Morgan fingerprint density at radius 2 is 1.15 bits per heavy atom. The van der Waals surface area contributed by atoms with E-state index in [4.69, 9.17) is 5.73 Å². The van der Waals surface area contributed by atoms with Gasteiger partial charge in [-0.1, -0.05) is 68.7 Å². The van der Waals surface area contributed by atoms with Crippen LogP contribution in [0, 0.1) is 5.92 Å². The zero-order valence-electron chi connectivity index (χ0n) is 16.4. The first kappa shape index (κ1) is 28.1. The molecular formula is C18H46N2. The van der Waals surface area contributed by atoms with Crippen LogP contribution in [0.1, 0.15) is 88.5 Å². The summed E-state index contributed by atoms with van der Waals surface area (Å²) in [5.41, 5.74) is 5.55. The van der Waals surface area contributed by atoms with Gasteiger partial charge in [0.05, 0.1) is 0 Å². The molecule has 0 aromatic carbocycles. The lowest BCUT2D eigenvalue weighted by Crippen LogP contribution is -2.24. The van der Waals surface area contributed by atoms with Gasteiger partial charge in [0.1, 0.15) is 0 Å². The maximum atomic E-state index is 5.55. The molecule has 0 spiro atoms. The average molecular weight is 291 g/mol. The third-order valence-corrected chi connectivity index (χ3v) is 3.07. The third-order valence-electron chi connectivity index (χ3n) is 3.07. The van der Waals surface area contributed by atoms with E-state index in [-0.39, 0.29) is 0 Å². The molecule has 0 rings (SSSR count). The molecule has 0 heterocycles. The van der Waals surface area contributed by atoms with Crippen LogP contribution in [-0.4, -0.2) is 30.6 Å². The van der Waals surface area contributed by atoms with Crippen molar-refractivity contribution < 1.29 is 0 Å². The summed E-state index contributed by atoms with van der Waals surface area (Å²) in [6, 6.07) is 0.366. The highest BCUT2D eigenvalue weighted by Crippen LogP contribution is 2.02. The lowest BCUT2D eigenvalue weighted by atomic mass is 10.0. The van der Waals surface area contributed by atoms with Gasteiger partial charge in [0.2, 0.25) is 0 Å². The van der Waals surface area contributed by atoms with Crippen LogP contribution >= 0.6 is 0 Å². The molecule has 0 radical (unpaired) electrons.